The highest BCUT2D eigenvalue weighted by atomic mass is 32.2. The summed E-state index contributed by atoms with van der Waals surface area (Å²) < 4.78 is 58.3. The van der Waals surface area contributed by atoms with Gasteiger partial charge in [-0.1, -0.05) is 0 Å². The van der Waals surface area contributed by atoms with Crippen molar-refractivity contribution in [3.8, 4) is 5.75 Å². The van der Waals surface area contributed by atoms with Gasteiger partial charge in [-0.2, -0.15) is 4.31 Å². The van der Waals surface area contributed by atoms with Crippen LogP contribution in [0.15, 0.2) is 47.4 Å². The van der Waals surface area contributed by atoms with Crippen LogP contribution in [0.1, 0.15) is 12.8 Å². The van der Waals surface area contributed by atoms with Gasteiger partial charge in [0, 0.05) is 30.8 Å². The highest BCUT2D eigenvalue weighted by Crippen LogP contribution is 2.26. The van der Waals surface area contributed by atoms with Crippen LogP contribution in [0.4, 0.5) is 14.5 Å². The van der Waals surface area contributed by atoms with Crippen molar-refractivity contribution in [2.45, 2.75) is 17.7 Å². The molecule has 28 heavy (non-hydrogen) atoms. The molecule has 0 radical (unpaired) electrons. The number of ether oxygens (including phenoxy) is 1. The lowest BCUT2D eigenvalue weighted by atomic mass is 9.97. The first kappa shape index (κ1) is 20.2. The molecule has 0 bridgehead atoms. The Hall–Kier alpha value is -2.52. The van der Waals surface area contributed by atoms with Gasteiger partial charge in [-0.15, -0.1) is 0 Å². The average Bonchev–Trinajstić information content (AvgIpc) is 2.67. The molecule has 2 aromatic rings. The predicted octanol–water partition coefficient (Wildman–Crippen LogP) is 3.01. The zero-order chi connectivity index (χ0) is 20.3. The molecule has 150 valence electrons. The van der Waals surface area contributed by atoms with Crippen LogP contribution < -0.4 is 10.1 Å². The van der Waals surface area contributed by atoms with E-state index in [9.17, 15) is 22.0 Å². The molecular formula is C19H20F2N2O4S. The number of rotatable bonds is 5. The van der Waals surface area contributed by atoms with Gasteiger partial charge in [0.25, 0.3) is 0 Å². The minimum Gasteiger partial charge on any atom is -0.497 e. The first-order valence-electron chi connectivity index (χ1n) is 8.71. The Balaban J connectivity index is 1.62. The van der Waals surface area contributed by atoms with Gasteiger partial charge in [-0.05, 0) is 49.2 Å². The zero-order valence-electron chi connectivity index (χ0n) is 15.2. The Bertz CT molecular complexity index is 936. The van der Waals surface area contributed by atoms with Crippen LogP contribution >= 0.6 is 0 Å². The lowest BCUT2D eigenvalue weighted by Gasteiger charge is -2.30. The van der Waals surface area contributed by atoms with E-state index in [1.54, 1.807) is 12.1 Å². The number of nitrogens with one attached hydrogen (secondary N) is 1. The van der Waals surface area contributed by atoms with Gasteiger partial charge in [0.05, 0.1) is 12.0 Å². The number of hydrogen-bond donors (Lipinski definition) is 1. The number of benzene rings is 2. The lowest BCUT2D eigenvalue weighted by Crippen LogP contribution is -2.41. The van der Waals surface area contributed by atoms with Crippen molar-refractivity contribution in [1.29, 1.82) is 0 Å². The summed E-state index contributed by atoms with van der Waals surface area (Å²) in [6.07, 6.45) is 0.637. The average molecular weight is 410 g/mol. The van der Waals surface area contributed by atoms with Crippen molar-refractivity contribution >= 4 is 21.6 Å². The molecule has 0 atom stereocenters. The predicted molar refractivity (Wildman–Crippen MR) is 99.5 cm³/mol. The van der Waals surface area contributed by atoms with Crippen molar-refractivity contribution < 1.29 is 26.7 Å². The molecule has 1 aliphatic rings. The van der Waals surface area contributed by atoms with Crippen LogP contribution in [0.3, 0.4) is 0 Å². The molecular weight excluding hydrogens is 390 g/mol. The van der Waals surface area contributed by atoms with Gasteiger partial charge in [-0.3, -0.25) is 4.79 Å². The van der Waals surface area contributed by atoms with Crippen molar-refractivity contribution in [1.82, 2.24) is 4.31 Å². The van der Waals surface area contributed by atoms with E-state index in [2.05, 4.69) is 5.32 Å². The molecule has 0 unspecified atom stereocenters. The minimum absolute atomic E-state index is 0.0378. The van der Waals surface area contributed by atoms with Crippen LogP contribution in [0.2, 0.25) is 0 Å². The summed E-state index contributed by atoms with van der Waals surface area (Å²) in [7, 11) is -2.16. The zero-order valence-corrected chi connectivity index (χ0v) is 16.0. The van der Waals surface area contributed by atoms with Crippen molar-refractivity contribution in [2.24, 2.45) is 5.92 Å². The number of anilines is 1. The third kappa shape index (κ3) is 4.48. The molecule has 0 aromatic heterocycles. The first-order chi connectivity index (χ1) is 13.3. The second kappa shape index (κ2) is 8.24. The number of methoxy groups -OCH3 is 1. The molecule has 1 heterocycles. The van der Waals surface area contributed by atoms with E-state index < -0.39 is 27.6 Å². The number of hydrogen-bond acceptors (Lipinski definition) is 4. The summed E-state index contributed by atoms with van der Waals surface area (Å²) in [5, 5.41) is 2.49. The number of sulfonamides is 1. The number of amides is 1. The van der Waals surface area contributed by atoms with Crippen LogP contribution in [0.5, 0.6) is 5.75 Å². The van der Waals surface area contributed by atoms with E-state index in [4.69, 9.17) is 4.74 Å². The minimum atomic E-state index is -3.66. The third-order valence-electron chi connectivity index (χ3n) is 4.65. The number of carbonyl (C=O) groups is 1. The number of halogens is 2. The van der Waals surface area contributed by atoms with Gasteiger partial charge >= 0.3 is 0 Å². The lowest BCUT2D eigenvalue weighted by molar-refractivity contribution is -0.120. The van der Waals surface area contributed by atoms with Gasteiger partial charge in [0.1, 0.15) is 17.4 Å². The molecule has 1 N–H and O–H groups in total. The SMILES string of the molecule is COc1ccc(S(=O)(=O)N2CCC(C(=O)Nc3cc(F)cc(F)c3)CC2)cc1. The largest absolute Gasteiger partial charge is 0.497 e. The summed E-state index contributed by atoms with van der Waals surface area (Å²) >= 11 is 0. The van der Waals surface area contributed by atoms with Crippen molar-refractivity contribution in [3.63, 3.8) is 0 Å². The quantitative estimate of drug-likeness (QED) is 0.822. The number of nitrogens with zero attached hydrogens (tertiary/aromatic N) is 1. The summed E-state index contributed by atoms with van der Waals surface area (Å²) in [6, 6.07) is 8.89. The van der Waals surface area contributed by atoms with Crippen LogP contribution in [0, 0.1) is 17.6 Å². The van der Waals surface area contributed by atoms with Gasteiger partial charge in [-0.25, -0.2) is 17.2 Å². The molecule has 2 aromatic carbocycles. The van der Waals surface area contributed by atoms with E-state index in [0.29, 0.717) is 18.6 Å². The van der Waals surface area contributed by atoms with Crippen LogP contribution in [0.25, 0.3) is 0 Å². The highest BCUT2D eigenvalue weighted by molar-refractivity contribution is 7.89. The molecule has 9 heteroatoms. The van der Waals surface area contributed by atoms with E-state index in [1.165, 1.54) is 23.5 Å². The maximum absolute atomic E-state index is 13.2. The molecule has 0 aliphatic carbocycles. The Morgan fingerprint density at radius 1 is 1.07 bits per heavy atom. The second-order valence-corrected chi connectivity index (χ2v) is 8.44. The fourth-order valence-electron chi connectivity index (χ4n) is 3.13. The Morgan fingerprint density at radius 2 is 1.64 bits per heavy atom. The van der Waals surface area contributed by atoms with Gasteiger partial charge in [0.15, 0.2) is 0 Å². The van der Waals surface area contributed by atoms with Gasteiger partial charge < -0.3 is 10.1 Å². The smallest absolute Gasteiger partial charge is 0.243 e. The van der Waals surface area contributed by atoms with E-state index >= 15 is 0 Å². The van der Waals surface area contributed by atoms with E-state index in [0.717, 1.165) is 18.2 Å². The molecule has 1 fully saturated rings. The standard InChI is InChI=1S/C19H20F2N2O4S/c1-27-17-2-4-18(5-3-17)28(25,26)23-8-6-13(7-9-23)19(24)22-16-11-14(20)10-15(21)12-16/h2-5,10-13H,6-9H2,1H3,(H,22,24). The maximum atomic E-state index is 13.2. The van der Waals surface area contributed by atoms with Gasteiger partial charge in [0.2, 0.25) is 15.9 Å². The molecule has 0 spiro atoms. The number of carbonyl (C=O) groups excluding carboxylic acids is 1. The molecule has 1 saturated heterocycles. The summed E-state index contributed by atoms with van der Waals surface area (Å²) in [5.41, 5.74) is 0.0378. The molecule has 0 saturated carbocycles. The molecule has 3 rings (SSSR count). The number of piperidine rings is 1. The van der Waals surface area contributed by atoms with Crippen LogP contribution in [-0.4, -0.2) is 38.8 Å². The summed E-state index contributed by atoms with van der Waals surface area (Å²) in [4.78, 5) is 12.5. The molecule has 6 nitrogen and oxygen atoms in total. The molecule has 1 amide bonds. The summed E-state index contributed by atoms with van der Waals surface area (Å²) in [5.74, 6) is -1.82. The molecule has 1 aliphatic heterocycles. The van der Waals surface area contributed by atoms with E-state index in [1.807, 2.05) is 0 Å². The fourth-order valence-corrected chi connectivity index (χ4v) is 4.60. The van der Waals surface area contributed by atoms with Crippen LogP contribution in [-0.2, 0) is 14.8 Å². The topological polar surface area (TPSA) is 75.7 Å². The fraction of sp³-hybridized carbons (Fsp3) is 0.316. The van der Waals surface area contributed by atoms with E-state index in [-0.39, 0.29) is 29.6 Å². The maximum Gasteiger partial charge on any atom is 0.243 e. The van der Waals surface area contributed by atoms with Crippen molar-refractivity contribution in [3.05, 3.63) is 54.1 Å². The first-order valence-corrected chi connectivity index (χ1v) is 10.1. The second-order valence-electron chi connectivity index (χ2n) is 6.50. The highest BCUT2D eigenvalue weighted by Gasteiger charge is 2.32. The summed E-state index contributed by atoms with van der Waals surface area (Å²) in [6.45, 7) is 0.369. The van der Waals surface area contributed by atoms with Crippen molar-refractivity contribution in [2.75, 3.05) is 25.5 Å². The Kier molecular flexibility index (Phi) is 5.95. The Labute approximate surface area is 162 Å². The monoisotopic (exact) mass is 410 g/mol. The Morgan fingerprint density at radius 3 is 2.18 bits per heavy atom. The normalized spacial score (nSPS) is 16.0. The third-order valence-corrected chi connectivity index (χ3v) is 6.56.